The Balaban J connectivity index is 3.09. The zero-order valence-electron chi connectivity index (χ0n) is 14.6. The first-order valence-electron chi connectivity index (χ1n) is 7.55. The van der Waals surface area contributed by atoms with Crippen LogP contribution in [0.5, 0.6) is 0 Å². The first kappa shape index (κ1) is 19.7. The molecule has 5 heteroatoms. The van der Waals surface area contributed by atoms with E-state index in [1.165, 1.54) is 7.11 Å². The molecule has 1 aromatic rings. The Morgan fingerprint density at radius 1 is 1.13 bits per heavy atom. The highest BCUT2D eigenvalue weighted by Crippen LogP contribution is 2.40. The molecule has 0 aliphatic carbocycles. The molecular weight excluding hydrogens is 360 g/mol. The van der Waals surface area contributed by atoms with Crippen molar-refractivity contribution in [3.63, 3.8) is 0 Å². The summed E-state index contributed by atoms with van der Waals surface area (Å²) in [4.78, 5) is 24.6. The minimum atomic E-state index is -0.995. The number of hydrogen-bond donors (Lipinski definition) is 0. The highest BCUT2D eigenvalue weighted by atomic mass is 79.9. The molecule has 0 heterocycles. The van der Waals surface area contributed by atoms with Gasteiger partial charge in [0.2, 0.25) is 0 Å². The Morgan fingerprint density at radius 2 is 1.65 bits per heavy atom. The van der Waals surface area contributed by atoms with Crippen molar-refractivity contribution in [3.05, 3.63) is 34.3 Å². The maximum Gasteiger partial charge on any atom is 0.312 e. The Bertz CT molecular complexity index is 559. The molecule has 0 saturated carbocycles. The average Bonchev–Trinajstić information content (AvgIpc) is 2.44. The molecule has 0 aliphatic heterocycles. The third-order valence-electron chi connectivity index (χ3n) is 3.91. The van der Waals surface area contributed by atoms with Crippen LogP contribution >= 0.6 is 15.9 Å². The summed E-state index contributed by atoms with van der Waals surface area (Å²) in [6, 6.07) is 7.70. The number of halogens is 1. The lowest BCUT2D eigenvalue weighted by molar-refractivity contribution is -0.166. The van der Waals surface area contributed by atoms with Crippen LogP contribution in [-0.4, -0.2) is 24.6 Å². The van der Waals surface area contributed by atoms with E-state index in [0.29, 0.717) is 0 Å². The topological polar surface area (TPSA) is 52.6 Å². The van der Waals surface area contributed by atoms with Crippen LogP contribution in [0.3, 0.4) is 0 Å². The highest BCUT2D eigenvalue weighted by molar-refractivity contribution is 9.10. The van der Waals surface area contributed by atoms with Crippen LogP contribution in [0.2, 0.25) is 0 Å². The van der Waals surface area contributed by atoms with Crippen molar-refractivity contribution in [1.82, 2.24) is 0 Å². The molecule has 23 heavy (non-hydrogen) atoms. The summed E-state index contributed by atoms with van der Waals surface area (Å²) in [5.74, 6) is -1.02. The first-order valence-corrected chi connectivity index (χ1v) is 8.34. The van der Waals surface area contributed by atoms with Crippen molar-refractivity contribution in [2.75, 3.05) is 7.11 Å². The fraction of sp³-hybridized carbons (Fsp3) is 0.556. The monoisotopic (exact) mass is 384 g/mol. The van der Waals surface area contributed by atoms with Gasteiger partial charge in [-0.25, -0.2) is 0 Å². The minimum absolute atomic E-state index is 0.0336. The van der Waals surface area contributed by atoms with Crippen molar-refractivity contribution in [1.29, 1.82) is 0 Å². The maximum atomic E-state index is 12.4. The van der Waals surface area contributed by atoms with Gasteiger partial charge in [-0.1, -0.05) is 35.0 Å². The molecule has 0 N–H and O–H groups in total. The highest BCUT2D eigenvalue weighted by Gasteiger charge is 2.43. The van der Waals surface area contributed by atoms with Crippen molar-refractivity contribution < 1.29 is 19.1 Å². The molecule has 0 spiro atoms. The van der Waals surface area contributed by atoms with Gasteiger partial charge >= 0.3 is 11.9 Å². The van der Waals surface area contributed by atoms with Gasteiger partial charge in [0.25, 0.3) is 0 Å². The summed E-state index contributed by atoms with van der Waals surface area (Å²) in [6.07, 6.45) is -0.0336. The van der Waals surface area contributed by atoms with E-state index < -0.39 is 23.0 Å². The Morgan fingerprint density at radius 3 is 2.09 bits per heavy atom. The van der Waals surface area contributed by atoms with Crippen LogP contribution in [0.15, 0.2) is 28.7 Å². The molecule has 0 aromatic heterocycles. The zero-order chi connectivity index (χ0) is 17.8. The Labute approximate surface area is 146 Å². The molecule has 1 aromatic carbocycles. The van der Waals surface area contributed by atoms with Crippen LogP contribution in [-0.2, 0) is 19.1 Å². The Hall–Kier alpha value is -1.36. The van der Waals surface area contributed by atoms with E-state index in [-0.39, 0.29) is 12.3 Å². The van der Waals surface area contributed by atoms with Gasteiger partial charge < -0.3 is 9.47 Å². The lowest BCUT2D eigenvalue weighted by Crippen LogP contribution is -2.38. The van der Waals surface area contributed by atoms with Gasteiger partial charge in [-0.2, -0.15) is 0 Å². The Kier molecular flexibility index (Phi) is 6.40. The zero-order valence-corrected chi connectivity index (χ0v) is 16.2. The molecule has 1 rings (SSSR count). The summed E-state index contributed by atoms with van der Waals surface area (Å²) in [5, 5.41) is 0. The number of carbonyl (C=O) groups excluding carboxylic acids is 2. The summed E-state index contributed by atoms with van der Waals surface area (Å²) in [5.41, 5.74) is -0.621. The van der Waals surface area contributed by atoms with E-state index in [4.69, 9.17) is 9.47 Å². The number of carbonyl (C=O) groups is 2. The second kappa shape index (κ2) is 7.47. The molecule has 2 atom stereocenters. The number of rotatable bonds is 5. The van der Waals surface area contributed by atoms with E-state index in [1.54, 1.807) is 27.7 Å². The van der Waals surface area contributed by atoms with E-state index in [2.05, 4.69) is 15.9 Å². The predicted molar refractivity (Wildman–Crippen MR) is 93.1 cm³/mol. The average molecular weight is 385 g/mol. The van der Waals surface area contributed by atoms with Gasteiger partial charge in [0.05, 0.1) is 18.9 Å². The van der Waals surface area contributed by atoms with Crippen molar-refractivity contribution in [3.8, 4) is 0 Å². The second-order valence-electron chi connectivity index (χ2n) is 6.95. The number of esters is 2. The van der Waals surface area contributed by atoms with Crippen LogP contribution in [0.1, 0.15) is 52.5 Å². The van der Waals surface area contributed by atoms with Gasteiger partial charge in [-0.05, 0) is 51.3 Å². The molecule has 128 valence electrons. The largest absolute Gasteiger partial charge is 0.469 e. The van der Waals surface area contributed by atoms with Gasteiger partial charge in [0, 0.05) is 4.47 Å². The molecule has 0 aliphatic rings. The molecule has 4 nitrogen and oxygen atoms in total. The molecule has 2 unspecified atom stereocenters. The minimum Gasteiger partial charge on any atom is -0.469 e. The molecular formula is C18H25BrO4. The number of hydrogen-bond acceptors (Lipinski definition) is 4. The molecule has 0 amide bonds. The summed E-state index contributed by atoms with van der Waals surface area (Å²) >= 11 is 3.40. The summed E-state index contributed by atoms with van der Waals surface area (Å²) in [7, 11) is 1.34. The SMILES string of the molecule is COC(=O)C(C)(CC(=O)OC(C)(C)C)C(C)c1ccc(Br)cc1. The van der Waals surface area contributed by atoms with E-state index in [9.17, 15) is 9.59 Å². The summed E-state index contributed by atoms with van der Waals surface area (Å²) < 4.78 is 11.3. The number of benzene rings is 1. The van der Waals surface area contributed by atoms with Crippen LogP contribution in [0, 0.1) is 5.41 Å². The fourth-order valence-electron chi connectivity index (χ4n) is 2.43. The van der Waals surface area contributed by atoms with Crippen LogP contribution in [0.4, 0.5) is 0 Å². The van der Waals surface area contributed by atoms with Gasteiger partial charge in [-0.3, -0.25) is 9.59 Å². The summed E-state index contributed by atoms with van der Waals surface area (Å²) in [6.45, 7) is 9.08. The molecule has 0 fully saturated rings. The normalized spacial score (nSPS) is 15.4. The van der Waals surface area contributed by atoms with Crippen molar-refractivity contribution in [2.24, 2.45) is 5.41 Å². The standard InChI is InChI=1S/C18H25BrO4/c1-12(13-7-9-14(19)10-8-13)18(5,16(21)22-6)11-15(20)23-17(2,3)4/h7-10,12H,11H2,1-6H3. The van der Waals surface area contributed by atoms with Gasteiger partial charge in [0.15, 0.2) is 0 Å². The predicted octanol–water partition coefficient (Wildman–Crippen LogP) is 4.46. The number of ether oxygens (including phenoxy) is 2. The third kappa shape index (κ3) is 5.34. The maximum absolute atomic E-state index is 12.4. The number of methoxy groups -OCH3 is 1. The third-order valence-corrected chi connectivity index (χ3v) is 4.44. The quantitative estimate of drug-likeness (QED) is 0.702. The van der Waals surface area contributed by atoms with Crippen molar-refractivity contribution in [2.45, 2.75) is 52.6 Å². The molecule has 0 bridgehead atoms. The second-order valence-corrected chi connectivity index (χ2v) is 7.86. The van der Waals surface area contributed by atoms with E-state index in [0.717, 1.165) is 10.0 Å². The van der Waals surface area contributed by atoms with Gasteiger partial charge in [0.1, 0.15) is 5.60 Å². The lowest BCUT2D eigenvalue weighted by Gasteiger charge is -2.33. The van der Waals surface area contributed by atoms with E-state index in [1.807, 2.05) is 31.2 Å². The van der Waals surface area contributed by atoms with Crippen molar-refractivity contribution >= 4 is 27.9 Å². The first-order chi connectivity index (χ1) is 10.5. The van der Waals surface area contributed by atoms with Crippen LogP contribution < -0.4 is 0 Å². The van der Waals surface area contributed by atoms with Gasteiger partial charge in [-0.15, -0.1) is 0 Å². The fourth-order valence-corrected chi connectivity index (χ4v) is 2.70. The lowest BCUT2D eigenvalue weighted by atomic mass is 9.72. The smallest absolute Gasteiger partial charge is 0.312 e. The van der Waals surface area contributed by atoms with E-state index >= 15 is 0 Å². The molecule has 0 saturated heterocycles. The van der Waals surface area contributed by atoms with Crippen LogP contribution in [0.25, 0.3) is 0 Å². The molecule has 0 radical (unpaired) electrons.